The Kier molecular flexibility index (Phi) is 21.6. The number of halogens is 1. The molecule has 0 saturated carbocycles. The molecule has 1 saturated heterocycles. The van der Waals surface area contributed by atoms with Gasteiger partial charge in [0.1, 0.15) is 30.9 Å². The highest BCUT2D eigenvalue weighted by molar-refractivity contribution is 7.86. The van der Waals surface area contributed by atoms with Gasteiger partial charge in [0.2, 0.25) is 5.91 Å². The molecule has 1 amide bonds. The van der Waals surface area contributed by atoms with Crippen molar-refractivity contribution in [3.63, 3.8) is 0 Å². The first-order valence-corrected chi connectivity index (χ1v) is 21.3. The van der Waals surface area contributed by atoms with Gasteiger partial charge in [0.05, 0.1) is 18.5 Å². The summed E-state index contributed by atoms with van der Waals surface area (Å²) >= 11 is 0. The molecule has 3 aromatic rings. The minimum absolute atomic E-state index is 0.0761. The standard InChI is InChI=1S/C28H31FO4.C7H13NO.C6H13N.C5H12O3S/c1-20(17-30)18-32-26-12-8-23(9-13-26)28(21(2)22-6-4-3-5-7-22)24-10-14-27(15-11-24)33-19-25(31)16-29;1-5-6(9)8-7(2,3)4;1-6(2,3)7-4-5-7;1-5(2,3)8-9(4,6)7/h3-15,20,25,30-31H,16-19H2,1-2H3;5H,1H2,2-4H3,(H,8,9);4-5H2,1-3H3;1-4H3/b28-21+;;;. The number of carbonyl (C=O) groups excluding carboxylic acids is 1. The van der Waals surface area contributed by atoms with E-state index in [0.717, 1.165) is 39.8 Å². The molecule has 1 heterocycles. The van der Waals surface area contributed by atoms with Gasteiger partial charge < -0.3 is 25.0 Å². The molecule has 12 heteroatoms. The fraction of sp³-hybridized carbons (Fsp3) is 0.500. The van der Waals surface area contributed by atoms with Crippen molar-refractivity contribution in [2.75, 3.05) is 45.8 Å². The number of hydrogen-bond donors (Lipinski definition) is 3. The number of nitrogens with zero attached hydrogens (tertiary/aromatic N) is 1. The molecule has 0 aromatic heterocycles. The number of aliphatic hydroxyl groups excluding tert-OH is 2. The van der Waals surface area contributed by atoms with E-state index in [4.69, 9.17) is 9.47 Å². The van der Waals surface area contributed by atoms with Crippen LogP contribution in [0.3, 0.4) is 0 Å². The summed E-state index contributed by atoms with van der Waals surface area (Å²) in [7, 11) is -3.28. The Bertz CT molecular complexity index is 1730. The van der Waals surface area contributed by atoms with Gasteiger partial charge in [0, 0.05) is 36.7 Å². The molecule has 10 nitrogen and oxygen atoms in total. The van der Waals surface area contributed by atoms with E-state index in [1.165, 1.54) is 19.2 Å². The summed E-state index contributed by atoms with van der Waals surface area (Å²) in [6, 6.07) is 25.7. The van der Waals surface area contributed by atoms with E-state index in [9.17, 15) is 27.8 Å². The van der Waals surface area contributed by atoms with Gasteiger partial charge in [-0.15, -0.1) is 0 Å². The summed E-state index contributed by atoms with van der Waals surface area (Å²) in [5.41, 5.74) is 5.07. The lowest BCUT2D eigenvalue weighted by molar-refractivity contribution is -0.117. The van der Waals surface area contributed by atoms with Crippen molar-refractivity contribution < 1.29 is 41.5 Å². The SMILES string of the molecule is C/C(=C(/c1ccc(OCC(C)CO)cc1)c1ccc(OCC(O)CF)cc1)c1ccccc1.C=CC(=O)NC(C)(C)C.CC(C)(C)N1CC1.CC(C)(C)OS(C)(=O)=O. The van der Waals surface area contributed by atoms with Crippen molar-refractivity contribution in [3.05, 3.63) is 108 Å². The highest BCUT2D eigenvalue weighted by atomic mass is 32.2. The maximum atomic E-state index is 12.5. The summed E-state index contributed by atoms with van der Waals surface area (Å²) in [6.07, 6.45) is 1.19. The van der Waals surface area contributed by atoms with Crippen LogP contribution in [0.4, 0.5) is 4.39 Å². The Morgan fingerprint density at radius 3 is 1.60 bits per heavy atom. The molecule has 2 atom stereocenters. The predicted octanol–water partition coefficient (Wildman–Crippen LogP) is 8.33. The number of allylic oxidation sites excluding steroid dienone is 1. The van der Waals surface area contributed by atoms with E-state index in [2.05, 4.69) is 60.8 Å². The van der Waals surface area contributed by atoms with E-state index in [1.54, 1.807) is 20.8 Å². The van der Waals surface area contributed by atoms with Gasteiger partial charge in [0.25, 0.3) is 10.1 Å². The summed E-state index contributed by atoms with van der Waals surface area (Å²) in [5, 5.41) is 21.3. The van der Waals surface area contributed by atoms with E-state index >= 15 is 0 Å². The Labute approximate surface area is 348 Å². The van der Waals surface area contributed by atoms with E-state index in [0.29, 0.717) is 17.9 Å². The molecular weight excluding hydrogens is 760 g/mol. The molecule has 0 spiro atoms. The zero-order chi connectivity index (χ0) is 44.3. The van der Waals surface area contributed by atoms with Crippen LogP contribution in [0, 0.1) is 5.92 Å². The summed E-state index contributed by atoms with van der Waals surface area (Å²) in [4.78, 5) is 13.0. The van der Waals surface area contributed by atoms with Crippen LogP contribution >= 0.6 is 0 Å². The van der Waals surface area contributed by atoms with Crippen LogP contribution in [0.2, 0.25) is 0 Å². The molecule has 1 fully saturated rings. The number of aliphatic hydroxyl groups is 2. The van der Waals surface area contributed by atoms with Crippen LogP contribution in [0.1, 0.15) is 92.9 Å². The van der Waals surface area contributed by atoms with Crippen molar-refractivity contribution in [2.45, 2.75) is 98.9 Å². The monoisotopic (exact) mass is 828 g/mol. The van der Waals surface area contributed by atoms with Gasteiger partial charge in [0.15, 0.2) is 0 Å². The molecule has 0 bridgehead atoms. The fourth-order valence-electron chi connectivity index (χ4n) is 4.99. The molecule has 0 radical (unpaired) electrons. The highest BCUT2D eigenvalue weighted by Crippen LogP contribution is 2.34. The quantitative estimate of drug-likeness (QED) is 0.0673. The normalized spacial score (nSPS) is 14.3. The van der Waals surface area contributed by atoms with E-state index in [-0.39, 0.29) is 30.6 Å². The van der Waals surface area contributed by atoms with Gasteiger partial charge >= 0.3 is 0 Å². The van der Waals surface area contributed by atoms with Crippen molar-refractivity contribution in [2.24, 2.45) is 5.92 Å². The minimum Gasteiger partial charge on any atom is -0.493 e. The molecule has 1 aliphatic rings. The smallest absolute Gasteiger partial charge is 0.264 e. The van der Waals surface area contributed by atoms with E-state index < -0.39 is 28.5 Å². The summed E-state index contributed by atoms with van der Waals surface area (Å²) in [5.74, 6) is 1.28. The number of benzene rings is 3. The maximum Gasteiger partial charge on any atom is 0.264 e. The molecule has 3 aromatic carbocycles. The third-order valence-corrected chi connectivity index (χ3v) is 8.62. The molecule has 58 heavy (non-hydrogen) atoms. The molecule has 3 N–H and O–H groups in total. The fourth-order valence-corrected chi connectivity index (χ4v) is 5.90. The number of alkyl halides is 1. The average molecular weight is 829 g/mol. The Morgan fingerprint density at radius 1 is 0.845 bits per heavy atom. The van der Waals surface area contributed by atoms with Gasteiger partial charge in [-0.2, -0.15) is 8.42 Å². The lowest BCUT2D eigenvalue weighted by Crippen LogP contribution is -2.39. The first-order chi connectivity index (χ1) is 26.8. The lowest BCUT2D eigenvalue weighted by atomic mass is 9.90. The molecular formula is C46H69FN2O8S. The van der Waals surface area contributed by atoms with E-state index in [1.807, 2.05) is 94.4 Å². The number of nitrogens with one attached hydrogen (secondary N) is 1. The van der Waals surface area contributed by atoms with Gasteiger partial charge in [-0.3, -0.25) is 13.9 Å². The van der Waals surface area contributed by atoms with Crippen LogP contribution < -0.4 is 14.8 Å². The Balaban J connectivity index is 0.000000540. The van der Waals surface area contributed by atoms with Crippen LogP contribution in [-0.2, 0) is 19.1 Å². The maximum absolute atomic E-state index is 12.5. The zero-order valence-corrected chi connectivity index (χ0v) is 37.6. The van der Waals surface area contributed by atoms with Crippen LogP contribution in [-0.4, -0.2) is 98.1 Å². The number of carbonyl (C=O) groups is 1. The van der Waals surface area contributed by atoms with Crippen LogP contribution in [0.25, 0.3) is 11.1 Å². The summed E-state index contributed by atoms with van der Waals surface area (Å²) < 4.78 is 49.2. The van der Waals surface area contributed by atoms with Crippen molar-refractivity contribution in [1.82, 2.24) is 10.2 Å². The number of amides is 1. The van der Waals surface area contributed by atoms with Gasteiger partial charge in [-0.1, -0.05) is 68.1 Å². The van der Waals surface area contributed by atoms with Crippen molar-refractivity contribution in [1.29, 1.82) is 0 Å². The van der Waals surface area contributed by atoms with Gasteiger partial charge in [-0.25, -0.2) is 4.39 Å². The molecule has 2 unspecified atom stereocenters. The Morgan fingerprint density at radius 2 is 1.31 bits per heavy atom. The second-order valence-corrected chi connectivity index (χ2v) is 18.7. The topological polar surface area (TPSA) is 134 Å². The van der Waals surface area contributed by atoms with Crippen molar-refractivity contribution in [3.8, 4) is 11.5 Å². The third-order valence-electron chi connectivity index (χ3n) is 7.82. The minimum atomic E-state index is -3.28. The zero-order valence-electron chi connectivity index (χ0n) is 36.8. The summed E-state index contributed by atoms with van der Waals surface area (Å²) in [6.45, 7) is 27.2. The first-order valence-electron chi connectivity index (χ1n) is 19.5. The number of hydrogen-bond acceptors (Lipinski definition) is 9. The number of rotatable bonds is 13. The predicted molar refractivity (Wildman–Crippen MR) is 235 cm³/mol. The van der Waals surface area contributed by atoms with Crippen molar-refractivity contribution >= 4 is 27.2 Å². The highest BCUT2D eigenvalue weighted by Gasteiger charge is 2.29. The van der Waals surface area contributed by atoms with Crippen LogP contribution in [0.5, 0.6) is 11.5 Å². The average Bonchev–Trinajstić information content (AvgIpc) is 4.00. The second kappa shape index (κ2) is 24.1. The Hall–Kier alpha value is -4.07. The van der Waals surface area contributed by atoms with Gasteiger partial charge in [-0.05, 0) is 127 Å². The lowest BCUT2D eigenvalue weighted by Gasteiger charge is -2.18. The third kappa shape index (κ3) is 23.4. The number of ether oxygens (including phenoxy) is 2. The molecule has 0 aliphatic carbocycles. The van der Waals surface area contributed by atoms with Crippen LogP contribution in [0.15, 0.2) is 91.5 Å². The molecule has 4 rings (SSSR count). The first kappa shape index (κ1) is 51.9. The second-order valence-electron chi connectivity index (χ2n) is 17.1. The molecule has 324 valence electrons. The molecule has 1 aliphatic heterocycles. The largest absolute Gasteiger partial charge is 0.493 e.